The van der Waals surface area contributed by atoms with Gasteiger partial charge in [0, 0.05) is 18.8 Å². The third kappa shape index (κ3) is 5.17. The van der Waals surface area contributed by atoms with E-state index in [4.69, 9.17) is 5.26 Å². The van der Waals surface area contributed by atoms with Crippen LogP contribution in [0.1, 0.15) is 17.5 Å². The predicted molar refractivity (Wildman–Crippen MR) is 71.8 cm³/mol. The van der Waals surface area contributed by atoms with Gasteiger partial charge in [0.05, 0.1) is 17.9 Å². The number of rotatable bonds is 6. The molecule has 0 radical (unpaired) electrons. The highest BCUT2D eigenvalue weighted by Gasteiger charge is 2.00. The first-order chi connectivity index (χ1) is 8.42. The molecule has 0 aliphatic rings. The van der Waals surface area contributed by atoms with Crippen LogP contribution in [0.15, 0.2) is 18.2 Å². The summed E-state index contributed by atoms with van der Waals surface area (Å²) in [5, 5.41) is 12.0. The molecule has 0 fully saturated rings. The second-order valence-corrected chi connectivity index (χ2v) is 5.92. The van der Waals surface area contributed by atoms with Crippen molar-refractivity contribution >= 4 is 15.7 Å². The normalized spacial score (nSPS) is 10.9. The van der Waals surface area contributed by atoms with Crippen LogP contribution in [-0.2, 0) is 10.0 Å². The summed E-state index contributed by atoms with van der Waals surface area (Å²) < 4.78 is 24.1. The molecule has 6 heteroatoms. The fraction of sp³-hybridized carbons (Fsp3) is 0.417. The summed E-state index contributed by atoms with van der Waals surface area (Å²) in [7, 11) is -3.10. The Bertz CT molecular complexity index is 547. The molecule has 1 aromatic carbocycles. The Morgan fingerprint density at radius 1 is 1.33 bits per heavy atom. The van der Waals surface area contributed by atoms with Crippen LogP contribution in [0, 0.1) is 18.3 Å². The lowest BCUT2D eigenvalue weighted by atomic mass is 10.1. The standard InChI is InChI=1S/C12H17N3O2S/c1-10-8-12(5-4-11(10)9-13)14-6-3-7-15-18(2,16)17/h4-5,8,14-15H,3,6-7H2,1-2H3. The topological polar surface area (TPSA) is 82.0 Å². The Morgan fingerprint density at radius 2 is 2.06 bits per heavy atom. The van der Waals surface area contributed by atoms with Crippen molar-refractivity contribution in [2.24, 2.45) is 0 Å². The second-order valence-electron chi connectivity index (χ2n) is 4.09. The fourth-order valence-electron chi connectivity index (χ4n) is 1.48. The summed E-state index contributed by atoms with van der Waals surface area (Å²) in [4.78, 5) is 0. The third-order valence-electron chi connectivity index (χ3n) is 2.39. The van der Waals surface area contributed by atoms with Crippen molar-refractivity contribution in [3.05, 3.63) is 29.3 Å². The van der Waals surface area contributed by atoms with Crippen LogP contribution in [0.3, 0.4) is 0 Å². The molecule has 18 heavy (non-hydrogen) atoms. The van der Waals surface area contributed by atoms with E-state index in [-0.39, 0.29) is 0 Å². The number of hydrogen-bond acceptors (Lipinski definition) is 4. The summed E-state index contributed by atoms with van der Waals surface area (Å²) in [6.07, 6.45) is 1.84. The quantitative estimate of drug-likeness (QED) is 0.759. The molecular weight excluding hydrogens is 250 g/mol. The zero-order valence-corrected chi connectivity index (χ0v) is 11.3. The third-order valence-corrected chi connectivity index (χ3v) is 3.12. The first-order valence-corrected chi connectivity index (χ1v) is 7.51. The van der Waals surface area contributed by atoms with Gasteiger partial charge in [-0.05, 0) is 37.1 Å². The lowest BCUT2D eigenvalue weighted by molar-refractivity contribution is 0.586. The molecule has 0 spiro atoms. The maximum absolute atomic E-state index is 10.8. The van der Waals surface area contributed by atoms with Crippen molar-refractivity contribution in [2.75, 3.05) is 24.7 Å². The minimum absolute atomic E-state index is 0.418. The van der Waals surface area contributed by atoms with Gasteiger partial charge in [-0.25, -0.2) is 13.1 Å². The van der Waals surface area contributed by atoms with Gasteiger partial charge in [0.1, 0.15) is 0 Å². The van der Waals surface area contributed by atoms with Crippen LogP contribution in [-0.4, -0.2) is 27.8 Å². The molecule has 0 heterocycles. The van der Waals surface area contributed by atoms with E-state index in [9.17, 15) is 8.42 Å². The summed E-state index contributed by atoms with van der Waals surface area (Å²) in [6.45, 7) is 2.98. The van der Waals surface area contributed by atoms with Crippen LogP contribution >= 0.6 is 0 Å². The summed E-state index contributed by atoms with van der Waals surface area (Å²) in [5.41, 5.74) is 2.53. The Labute approximate surface area is 108 Å². The zero-order chi connectivity index (χ0) is 13.6. The predicted octanol–water partition coefficient (Wildman–Crippen LogP) is 1.22. The van der Waals surface area contributed by atoms with E-state index in [0.29, 0.717) is 25.1 Å². The maximum atomic E-state index is 10.8. The second kappa shape index (κ2) is 6.38. The van der Waals surface area contributed by atoms with Gasteiger partial charge in [-0.15, -0.1) is 0 Å². The van der Waals surface area contributed by atoms with Crippen molar-refractivity contribution in [2.45, 2.75) is 13.3 Å². The fourth-order valence-corrected chi connectivity index (χ4v) is 1.99. The highest BCUT2D eigenvalue weighted by Crippen LogP contribution is 2.14. The minimum atomic E-state index is -3.10. The van der Waals surface area contributed by atoms with Gasteiger partial charge in [0.2, 0.25) is 10.0 Å². The van der Waals surface area contributed by atoms with Crippen molar-refractivity contribution in [3.63, 3.8) is 0 Å². The highest BCUT2D eigenvalue weighted by molar-refractivity contribution is 7.88. The lowest BCUT2D eigenvalue weighted by Gasteiger charge is -2.08. The first-order valence-electron chi connectivity index (χ1n) is 5.61. The van der Waals surface area contributed by atoms with Crippen molar-refractivity contribution in [1.29, 1.82) is 5.26 Å². The van der Waals surface area contributed by atoms with Crippen LogP contribution < -0.4 is 10.0 Å². The minimum Gasteiger partial charge on any atom is -0.385 e. The molecule has 0 aliphatic carbocycles. The summed E-state index contributed by atoms with van der Waals surface area (Å²) in [5.74, 6) is 0. The molecular formula is C12H17N3O2S. The van der Waals surface area contributed by atoms with E-state index in [1.54, 1.807) is 6.07 Å². The van der Waals surface area contributed by atoms with Crippen LogP contribution in [0.2, 0.25) is 0 Å². The number of nitrogens with one attached hydrogen (secondary N) is 2. The molecule has 0 saturated heterocycles. The number of anilines is 1. The number of benzene rings is 1. The molecule has 5 nitrogen and oxygen atoms in total. The molecule has 0 amide bonds. The van der Waals surface area contributed by atoms with E-state index < -0.39 is 10.0 Å². The largest absolute Gasteiger partial charge is 0.385 e. The zero-order valence-electron chi connectivity index (χ0n) is 10.5. The number of hydrogen-bond donors (Lipinski definition) is 2. The van der Waals surface area contributed by atoms with Gasteiger partial charge in [0.15, 0.2) is 0 Å². The van der Waals surface area contributed by atoms with Crippen LogP contribution in [0.25, 0.3) is 0 Å². The lowest BCUT2D eigenvalue weighted by Crippen LogP contribution is -2.24. The summed E-state index contributed by atoms with van der Waals surface area (Å²) >= 11 is 0. The van der Waals surface area contributed by atoms with E-state index in [1.807, 2.05) is 19.1 Å². The van der Waals surface area contributed by atoms with Gasteiger partial charge in [0.25, 0.3) is 0 Å². The van der Waals surface area contributed by atoms with Gasteiger partial charge in [-0.2, -0.15) is 5.26 Å². The SMILES string of the molecule is Cc1cc(NCCCNS(C)(=O)=O)ccc1C#N. The highest BCUT2D eigenvalue weighted by atomic mass is 32.2. The average molecular weight is 267 g/mol. The Morgan fingerprint density at radius 3 is 2.61 bits per heavy atom. The van der Waals surface area contributed by atoms with Gasteiger partial charge in [-0.1, -0.05) is 0 Å². The van der Waals surface area contributed by atoms with Crippen molar-refractivity contribution in [3.8, 4) is 6.07 Å². The number of nitrogens with zero attached hydrogens (tertiary/aromatic N) is 1. The molecule has 0 saturated carbocycles. The number of aryl methyl sites for hydroxylation is 1. The van der Waals surface area contributed by atoms with Crippen molar-refractivity contribution in [1.82, 2.24) is 4.72 Å². The molecule has 0 atom stereocenters. The van der Waals surface area contributed by atoms with E-state index >= 15 is 0 Å². The van der Waals surface area contributed by atoms with Gasteiger partial charge in [-0.3, -0.25) is 0 Å². The number of sulfonamides is 1. The molecule has 1 aromatic rings. The monoisotopic (exact) mass is 267 g/mol. The maximum Gasteiger partial charge on any atom is 0.208 e. The van der Waals surface area contributed by atoms with E-state index in [1.165, 1.54) is 0 Å². The van der Waals surface area contributed by atoms with E-state index in [2.05, 4.69) is 16.1 Å². The van der Waals surface area contributed by atoms with Gasteiger partial charge < -0.3 is 5.32 Å². The molecule has 2 N–H and O–H groups in total. The smallest absolute Gasteiger partial charge is 0.208 e. The molecule has 1 rings (SSSR count). The summed E-state index contributed by atoms with van der Waals surface area (Å²) in [6, 6.07) is 7.63. The molecule has 98 valence electrons. The number of nitriles is 1. The molecule has 0 unspecified atom stereocenters. The van der Waals surface area contributed by atoms with Crippen molar-refractivity contribution < 1.29 is 8.42 Å². The van der Waals surface area contributed by atoms with E-state index in [0.717, 1.165) is 17.5 Å². The first kappa shape index (κ1) is 14.5. The van der Waals surface area contributed by atoms with Crippen LogP contribution in [0.4, 0.5) is 5.69 Å². The van der Waals surface area contributed by atoms with Crippen LogP contribution in [0.5, 0.6) is 0 Å². The average Bonchev–Trinajstić information content (AvgIpc) is 2.27. The Kier molecular flexibility index (Phi) is 5.13. The van der Waals surface area contributed by atoms with Gasteiger partial charge >= 0.3 is 0 Å². The molecule has 0 aliphatic heterocycles. The molecule has 0 bridgehead atoms. The molecule has 0 aromatic heterocycles. The Hall–Kier alpha value is -1.58. The Balaban J connectivity index is 2.37.